The third-order valence-corrected chi connectivity index (χ3v) is 3.34. The lowest BCUT2D eigenvalue weighted by atomic mass is 10.2. The average Bonchev–Trinajstić information content (AvgIpc) is 2.86. The molecule has 94 valence electrons. The van der Waals surface area contributed by atoms with Crippen LogP contribution in [0.25, 0.3) is 0 Å². The first-order valence-electron chi connectivity index (χ1n) is 5.30. The molecule has 2 rings (SSSR count). The Hall–Kier alpha value is -1.79. The Kier molecular flexibility index (Phi) is 3.69. The number of hydrogen-bond acceptors (Lipinski definition) is 4. The summed E-state index contributed by atoms with van der Waals surface area (Å²) in [5.74, 6) is -0.793. The van der Waals surface area contributed by atoms with E-state index in [1.807, 2.05) is 0 Å². The molecule has 1 amide bonds. The molecular formula is C12H12FN3OS. The van der Waals surface area contributed by atoms with Crippen LogP contribution in [-0.2, 0) is 6.54 Å². The minimum Gasteiger partial charge on any atom is -0.325 e. The lowest BCUT2D eigenvalue weighted by Gasteiger charge is -2.16. The van der Waals surface area contributed by atoms with Gasteiger partial charge in [-0.25, -0.2) is 9.37 Å². The summed E-state index contributed by atoms with van der Waals surface area (Å²) >= 11 is 1.32. The van der Waals surface area contributed by atoms with Crippen LogP contribution in [0, 0.1) is 5.82 Å². The van der Waals surface area contributed by atoms with Gasteiger partial charge in [0.25, 0.3) is 5.91 Å². The number of benzene rings is 1. The largest absolute Gasteiger partial charge is 0.325 e. The fraction of sp³-hybridized carbons (Fsp3) is 0.167. The van der Waals surface area contributed by atoms with Crippen molar-refractivity contribution in [2.75, 3.05) is 11.9 Å². The maximum Gasteiger partial charge on any atom is 0.277 e. The monoisotopic (exact) mass is 265 g/mol. The first-order chi connectivity index (χ1) is 8.63. The number of carbonyl (C=O) groups is 1. The molecule has 0 bridgehead atoms. The third kappa shape index (κ3) is 2.39. The number of para-hydroxylation sites is 1. The van der Waals surface area contributed by atoms with Crippen LogP contribution in [0.5, 0.6) is 0 Å². The van der Waals surface area contributed by atoms with Crippen LogP contribution in [0.3, 0.4) is 0 Å². The van der Waals surface area contributed by atoms with Crippen molar-refractivity contribution in [3.8, 4) is 0 Å². The van der Waals surface area contributed by atoms with E-state index < -0.39 is 5.82 Å². The van der Waals surface area contributed by atoms with E-state index in [1.165, 1.54) is 29.4 Å². The average molecular weight is 265 g/mol. The van der Waals surface area contributed by atoms with E-state index in [-0.39, 0.29) is 17.3 Å². The highest BCUT2D eigenvalue weighted by Crippen LogP contribution is 2.20. The standard InChI is InChI=1S/C12H12FN3OS/c1-16(10-5-3-2-4-8(10)13)12(17)9-7-18-11(6-14)15-9/h2-5,7H,6,14H2,1H3. The molecule has 2 N–H and O–H groups in total. The smallest absolute Gasteiger partial charge is 0.277 e. The summed E-state index contributed by atoms with van der Waals surface area (Å²) in [5, 5.41) is 2.31. The number of carbonyl (C=O) groups excluding carboxylic acids is 1. The Morgan fingerprint density at radius 3 is 2.83 bits per heavy atom. The summed E-state index contributed by atoms with van der Waals surface area (Å²) in [7, 11) is 1.52. The van der Waals surface area contributed by atoms with Gasteiger partial charge < -0.3 is 10.6 Å². The van der Waals surface area contributed by atoms with E-state index in [1.54, 1.807) is 23.6 Å². The number of rotatable bonds is 3. The fourth-order valence-electron chi connectivity index (χ4n) is 1.51. The first-order valence-corrected chi connectivity index (χ1v) is 6.18. The summed E-state index contributed by atoms with van der Waals surface area (Å²) in [6.45, 7) is 0.293. The molecule has 0 spiro atoms. The van der Waals surface area contributed by atoms with Crippen molar-refractivity contribution in [3.63, 3.8) is 0 Å². The molecule has 0 fully saturated rings. The minimum absolute atomic E-state index is 0.227. The normalized spacial score (nSPS) is 10.4. The van der Waals surface area contributed by atoms with Crippen molar-refractivity contribution in [1.82, 2.24) is 4.98 Å². The number of amides is 1. The lowest BCUT2D eigenvalue weighted by Crippen LogP contribution is -2.27. The Morgan fingerprint density at radius 1 is 1.50 bits per heavy atom. The van der Waals surface area contributed by atoms with Gasteiger partial charge in [0, 0.05) is 19.0 Å². The van der Waals surface area contributed by atoms with Gasteiger partial charge in [0.1, 0.15) is 16.5 Å². The number of nitrogens with zero attached hydrogens (tertiary/aromatic N) is 2. The molecule has 1 heterocycles. The Morgan fingerprint density at radius 2 is 2.22 bits per heavy atom. The summed E-state index contributed by atoms with van der Waals surface area (Å²) in [6, 6.07) is 6.11. The molecule has 0 radical (unpaired) electrons. The van der Waals surface area contributed by atoms with Crippen LogP contribution < -0.4 is 10.6 Å². The molecule has 18 heavy (non-hydrogen) atoms. The highest BCUT2D eigenvalue weighted by molar-refractivity contribution is 7.09. The van der Waals surface area contributed by atoms with Gasteiger partial charge in [-0.05, 0) is 12.1 Å². The number of thiazole rings is 1. The van der Waals surface area contributed by atoms with Gasteiger partial charge in [-0.1, -0.05) is 12.1 Å². The molecule has 0 aliphatic heterocycles. The second-order valence-electron chi connectivity index (χ2n) is 3.65. The van der Waals surface area contributed by atoms with Gasteiger partial charge in [-0.3, -0.25) is 4.79 Å². The van der Waals surface area contributed by atoms with E-state index in [0.717, 1.165) is 0 Å². The van der Waals surface area contributed by atoms with Crippen LogP contribution in [0.2, 0.25) is 0 Å². The first kappa shape index (κ1) is 12.7. The summed E-state index contributed by atoms with van der Waals surface area (Å²) in [6.07, 6.45) is 0. The molecule has 0 atom stereocenters. The molecule has 1 aromatic heterocycles. The second kappa shape index (κ2) is 5.24. The third-order valence-electron chi connectivity index (χ3n) is 2.46. The van der Waals surface area contributed by atoms with Crippen LogP contribution in [0.1, 0.15) is 15.5 Å². The maximum atomic E-state index is 13.6. The Bertz CT molecular complexity index is 570. The summed E-state index contributed by atoms with van der Waals surface area (Å²) < 4.78 is 13.6. The molecule has 2 aromatic rings. The van der Waals surface area contributed by atoms with Crippen molar-refractivity contribution in [2.45, 2.75) is 6.54 Å². The molecule has 6 heteroatoms. The van der Waals surface area contributed by atoms with E-state index in [9.17, 15) is 9.18 Å². The van der Waals surface area contributed by atoms with Gasteiger partial charge >= 0.3 is 0 Å². The van der Waals surface area contributed by atoms with E-state index >= 15 is 0 Å². The minimum atomic E-state index is -0.442. The Balaban J connectivity index is 2.26. The van der Waals surface area contributed by atoms with E-state index in [0.29, 0.717) is 11.6 Å². The van der Waals surface area contributed by atoms with E-state index in [2.05, 4.69) is 4.98 Å². The predicted octanol–water partition coefficient (Wildman–Crippen LogP) is 2.02. The number of nitrogens with two attached hydrogens (primary N) is 1. The van der Waals surface area contributed by atoms with Crippen LogP contribution in [0.15, 0.2) is 29.6 Å². The van der Waals surface area contributed by atoms with Crippen LogP contribution in [-0.4, -0.2) is 17.9 Å². The molecule has 1 aromatic carbocycles. The lowest BCUT2D eigenvalue weighted by molar-refractivity contribution is 0.0988. The van der Waals surface area contributed by atoms with Crippen molar-refractivity contribution in [2.24, 2.45) is 5.73 Å². The number of anilines is 1. The zero-order valence-electron chi connectivity index (χ0n) is 9.76. The fourth-order valence-corrected chi connectivity index (χ4v) is 2.16. The van der Waals surface area contributed by atoms with Crippen molar-refractivity contribution >= 4 is 22.9 Å². The Labute approximate surface area is 108 Å². The molecular weight excluding hydrogens is 253 g/mol. The highest BCUT2D eigenvalue weighted by Gasteiger charge is 2.18. The zero-order valence-corrected chi connectivity index (χ0v) is 10.6. The second-order valence-corrected chi connectivity index (χ2v) is 4.59. The summed E-state index contributed by atoms with van der Waals surface area (Å²) in [5.41, 5.74) is 5.95. The molecule has 0 aliphatic rings. The quantitative estimate of drug-likeness (QED) is 0.923. The van der Waals surface area contributed by atoms with Gasteiger partial charge in [0.2, 0.25) is 0 Å². The number of halogens is 1. The van der Waals surface area contributed by atoms with Gasteiger partial charge in [-0.15, -0.1) is 11.3 Å². The maximum absolute atomic E-state index is 13.6. The molecule has 0 aliphatic carbocycles. The molecule has 4 nitrogen and oxygen atoms in total. The van der Waals surface area contributed by atoms with Crippen molar-refractivity contribution < 1.29 is 9.18 Å². The predicted molar refractivity (Wildman–Crippen MR) is 69.1 cm³/mol. The van der Waals surface area contributed by atoms with Gasteiger partial charge in [-0.2, -0.15) is 0 Å². The van der Waals surface area contributed by atoms with E-state index in [4.69, 9.17) is 5.73 Å². The topological polar surface area (TPSA) is 59.2 Å². The molecule has 0 saturated carbocycles. The van der Waals surface area contributed by atoms with Crippen LogP contribution >= 0.6 is 11.3 Å². The number of hydrogen-bond donors (Lipinski definition) is 1. The SMILES string of the molecule is CN(C(=O)c1csc(CN)n1)c1ccccc1F. The van der Waals surface area contributed by atoms with Crippen LogP contribution in [0.4, 0.5) is 10.1 Å². The summed E-state index contributed by atoms with van der Waals surface area (Å²) in [4.78, 5) is 17.4. The number of aromatic nitrogens is 1. The van der Waals surface area contributed by atoms with Gasteiger partial charge in [0.15, 0.2) is 0 Å². The van der Waals surface area contributed by atoms with Crippen molar-refractivity contribution in [3.05, 3.63) is 46.2 Å². The zero-order chi connectivity index (χ0) is 13.1. The molecule has 0 saturated heterocycles. The molecule has 0 unspecified atom stereocenters. The van der Waals surface area contributed by atoms with Gasteiger partial charge in [0.05, 0.1) is 5.69 Å². The van der Waals surface area contributed by atoms with Crippen molar-refractivity contribution in [1.29, 1.82) is 0 Å². The highest BCUT2D eigenvalue weighted by atomic mass is 32.1.